The lowest BCUT2D eigenvalue weighted by molar-refractivity contribution is -0.148. The molecule has 3 amide bonds. The Hall–Kier alpha value is -3.46. The average molecular weight is 543 g/mol. The minimum atomic E-state index is -0.971. The summed E-state index contributed by atoms with van der Waals surface area (Å²) in [5, 5.41) is 10.3. The first-order valence-corrected chi connectivity index (χ1v) is 13.2. The van der Waals surface area contributed by atoms with E-state index in [1.54, 1.807) is 24.3 Å². The van der Waals surface area contributed by atoms with Crippen LogP contribution in [0.25, 0.3) is 0 Å². The molecule has 0 fully saturated rings. The molecule has 0 spiro atoms. The molecule has 0 bridgehead atoms. The Morgan fingerprint density at radius 2 is 1.44 bits per heavy atom. The van der Waals surface area contributed by atoms with Gasteiger partial charge in [0.05, 0.1) is 6.04 Å². The monoisotopic (exact) mass is 542 g/mol. The molecule has 0 aliphatic carbocycles. The largest absolute Gasteiger partial charge is 0.508 e. The van der Waals surface area contributed by atoms with Gasteiger partial charge in [0.2, 0.25) is 17.7 Å². The third kappa shape index (κ3) is 8.51. The van der Waals surface area contributed by atoms with Crippen LogP contribution in [0.15, 0.2) is 42.5 Å². The summed E-state index contributed by atoms with van der Waals surface area (Å²) in [6.07, 6.45) is 0.688. The number of carbonyl (C=O) groups excluding carboxylic acids is 3. The van der Waals surface area contributed by atoms with Crippen molar-refractivity contribution in [1.29, 1.82) is 0 Å². The molecule has 0 heterocycles. The fourth-order valence-corrected chi connectivity index (χ4v) is 4.60. The van der Waals surface area contributed by atoms with Gasteiger partial charge in [-0.25, -0.2) is 4.39 Å². The zero-order valence-corrected chi connectivity index (χ0v) is 24.1. The number of hydrogen-bond donors (Lipinski definition) is 3. The highest BCUT2D eigenvalue weighted by molar-refractivity contribution is 5.92. The van der Waals surface area contributed by atoms with Crippen molar-refractivity contribution in [2.24, 2.45) is 17.4 Å². The van der Waals surface area contributed by atoms with Gasteiger partial charge < -0.3 is 26.4 Å². The second-order valence-corrected chi connectivity index (χ2v) is 11.7. The summed E-state index contributed by atoms with van der Waals surface area (Å²) in [7, 11) is 3.04. The standard InChI is InChI=1S/C30H43FN4O4/c1-18(2)14-25(35(7)28(38)23(32)16-19-8-11-21(31)12-9-19)29(39)34(6)24(27(33)37)17-20-10-13-26(36)22(15-20)30(3,4)5/h8-13,15,18,23-25,36H,14,16-17,32H2,1-7H3,(H2,33,37)/t23-,24-,25+/m0/s1. The fourth-order valence-electron chi connectivity index (χ4n) is 4.60. The Morgan fingerprint density at radius 3 is 1.95 bits per heavy atom. The van der Waals surface area contributed by atoms with Gasteiger partial charge in [0.25, 0.3) is 0 Å². The molecule has 0 aliphatic rings. The predicted molar refractivity (Wildman–Crippen MR) is 150 cm³/mol. The van der Waals surface area contributed by atoms with Crippen molar-refractivity contribution in [3.63, 3.8) is 0 Å². The lowest BCUT2D eigenvalue weighted by Gasteiger charge is -2.35. The molecule has 0 unspecified atom stereocenters. The fraction of sp³-hybridized carbons (Fsp3) is 0.500. The molecule has 0 aromatic heterocycles. The van der Waals surface area contributed by atoms with Crippen molar-refractivity contribution in [1.82, 2.24) is 9.80 Å². The molecule has 2 aromatic rings. The molecule has 39 heavy (non-hydrogen) atoms. The number of phenols is 1. The summed E-state index contributed by atoms with van der Waals surface area (Å²) in [6.45, 7) is 9.78. The summed E-state index contributed by atoms with van der Waals surface area (Å²) in [5.74, 6) is -1.70. The average Bonchev–Trinajstić information content (AvgIpc) is 2.85. The van der Waals surface area contributed by atoms with Gasteiger partial charge in [-0.1, -0.05) is 58.9 Å². The molecule has 0 aliphatic heterocycles. The maximum absolute atomic E-state index is 13.8. The lowest BCUT2D eigenvalue weighted by atomic mass is 9.84. The van der Waals surface area contributed by atoms with Gasteiger partial charge in [-0.15, -0.1) is 0 Å². The van der Waals surface area contributed by atoms with Gasteiger partial charge >= 0.3 is 0 Å². The Morgan fingerprint density at radius 1 is 0.897 bits per heavy atom. The highest BCUT2D eigenvalue weighted by atomic mass is 19.1. The van der Waals surface area contributed by atoms with Crippen molar-refractivity contribution < 1.29 is 23.9 Å². The molecule has 0 radical (unpaired) electrons. The zero-order valence-electron chi connectivity index (χ0n) is 24.1. The Labute approximate surface area is 231 Å². The number of halogens is 1. The van der Waals surface area contributed by atoms with Crippen LogP contribution in [-0.2, 0) is 32.6 Å². The summed E-state index contributed by atoms with van der Waals surface area (Å²) < 4.78 is 13.3. The smallest absolute Gasteiger partial charge is 0.245 e. The highest BCUT2D eigenvalue weighted by Crippen LogP contribution is 2.31. The van der Waals surface area contributed by atoms with E-state index in [2.05, 4.69) is 0 Å². The van der Waals surface area contributed by atoms with Gasteiger partial charge in [-0.05, 0) is 59.1 Å². The third-order valence-electron chi connectivity index (χ3n) is 6.92. The van der Waals surface area contributed by atoms with Crippen LogP contribution in [0.1, 0.15) is 57.7 Å². The molecular weight excluding hydrogens is 499 g/mol. The van der Waals surface area contributed by atoms with Crippen LogP contribution in [0.5, 0.6) is 5.75 Å². The first-order valence-electron chi connectivity index (χ1n) is 13.2. The number of nitrogens with zero attached hydrogens (tertiary/aromatic N) is 2. The van der Waals surface area contributed by atoms with E-state index in [1.807, 2.05) is 40.7 Å². The minimum Gasteiger partial charge on any atom is -0.508 e. The summed E-state index contributed by atoms with van der Waals surface area (Å²) >= 11 is 0. The van der Waals surface area contributed by atoms with Crippen molar-refractivity contribution in [3.05, 3.63) is 65.0 Å². The van der Waals surface area contributed by atoms with E-state index in [0.29, 0.717) is 12.0 Å². The number of primary amides is 1. The van der Waals surface area contributed by atoms with E-state index in [0.717, 1.165) is 11.1 Å². The number of aromatic hydroxyl groups is 1. The van der Waals surface area contributed by atoms with Gasteiger partial charge in [0, 0.05) is 20.5 Å². The van der Waals surface area contributed by atoms with E-state index in [9.17, 15) is 23.9 Å². The van der Waals surface area contributed by atoms with Crippen LogP contribution in [0.4, 0.5) is 4.39 Å². The molecule has 214 valence electrons. The maximum atomic E-state index is 13.8. The first-order chi connectivity index (χ1) is 18.0. The number of hydrogen-bond acceptors (Lipinski definition) is 5. The lowest BCUT2D eigenvalue weighted by Crippen LogP contribution is -2.57. The van der Waals surface area contributed by atoms with Gasteiger partial charge in [0.15, 0.2) is 0 Å². The normalized spacial score (nSPS) is 14.0. The number of carbonyl (C=O) groups is 3. The second-order valence-electron chi connectivity index (χ2n) is 11.7. The quantitative estimate of drug-likeness (QED) is 0.402. The molecule has 9 heteroatoms. The van der Waals surface area contributed by atoms with Crippen molar-refractivity contribution in [3.8, 4) is 5.75 Å². The number of nitrogens with two attached hydrogens (primary N) is 2. The second kappa shape index (κ2) is 13.1. The van der Waals surface area contributed by atoms with E-state index >= 15 is 0 Å². The van der Waals surface area contributed by atoms with Crippen LogP contribution >= 0.6 is 0 Å². The summed E-state index contributed by atoms with van der Waals surface area (Å²) in [6, 6.07) is 8.07. The maximum Gasteiger partial charge on any atom is 0.245 e. The van der Waals surface area contributed by atoms with E-state index < -0.39 is 35.8 Å². The first kappa shape index (κ1) is 31.8. The number of likely N-dealkylation sites (N-methyl/N-ethyl adjacent to an activating group) is 2. The topological polar surface area (TPSA) is 130 Å². The van der Waals surface area contributed by atoms with Crippen LogP contribution in [-0.4, -0.2) is 64.8 Å². The molecule has 8 nitrogen and oxygen atoms in total. The van der Waals surface area contributed by atoms with Crippen molar-refractivity contribution in [2.75, 3.05) is 14.1 Å². The predicted octanol–water partition coefficient (Wildman–Crippen LogP) is 3.13. The van der Waals surface area contributed by atoms with Gasteiger partial charge in [-0.3, -0.25) is 14.4 Å². The number of amides is 3. The minimum absolute atomic E-state index is 0.0643. The molecule has 5 N–H and O–H groups in total. The SMILES string of the molecule is CC(C)C[C@H](C(=O)N(C)[C@@H](Cc1ccc(O)c(C(C)(C)C)c1)C(N)=O)N(C)C(=O)[C@@H](N)Cc1ccc(F)cc1. The number of phenolic OH excluding ortho intramolecular Hbond substituents is 1. The van der Waals surface area contributed by atoms with Crippen LogP contribution in [0.3, 0.4) is 0 Å². The summed E-state index contributed by atoms with van der Waals surface area (Å²) in [4.78, 5) is 42.2. The number of rotatable bonds is 11. The Bertz CT molecular complexity index is 1160. The highest BCUT2D eigenvalue weighted by Gasteiger charge is 2.36. The molecule has 0 saturated carbocycles. The molecule has 2 aromatic carbocycles. The Balaban J connectivity index is 2.28. The van der Waals surface area contributed by atoms with Crippen molar-refractivity contribution >= 4 is 17.7 Å². The van der Waals surface area contributed by atoms with E-state index in [-0.39, 0.29) is 35.7 Å². The summed E-state index contributed by atoms with van der Waals surface area (Å²) in [5.41, 5.74) is 13.8. The molecular formula is C30H43FN4O4. The van der Waals surface area contributed by atoms with Gasteiger partial charge in [0.1, 0.15) is 23.7 Å². The third-order valence-corrected chi connectivity index (χ3v) is 6.92. The van der Waals surface area contributed by atoms with Gasteiger partial charge in [-0.2, -0.15) is 0 Å². The van der Waals surface area contributed by atoms with Crippen LogP contribution in [0, 0.1) is 11.7 Å². The van der Waals surface area contributed by atoms with Crippen LogP contribution < -0.4 is 11.5 Å². The van der Waals surface area contributed by atoms with E-state index in [1.165, 1.54) is 36.0 Å². The molecule has 2 rings (SSSR count). The zero-order chi connectivity index (χ0) is 29.7. The Kier molecular flexibility index (Phi) is 10.6. The number of benzene rings is 2. The van der Waals surface area contributed by atoms with Crippen molar-refractivity contribution in [2.45, 2.75) is 77.4 Å². The van der Waals surface area contributed by atoms with Crippen LogP contribution in [0.2, 0.25) is 0 Å². The molecule has 3 atom stereocenters. The molecule has 0 saturated heterocycles. The van der Waals surface area contributed by atoms with E-state index in [4.69, 9.17) is 11.5 Å².